The lowest BCUT2D eigenvalue weighted by Gasteiger charge is -2.12. The van der Waals surface area contributed by atoms with Crippen LogP contribution >= 0.6 is 0 Å². The molecule has 0 aliphatic carbocycles. The number of hydrogen-bond donors (Lipinski definition) is 1. The highest BCUT2D eigenvalue weighted by Crippen LogP contribution is 2.20. The van der Waals surface area contributed by atoms with Gasteiger partial charge in [0.05, 0.1) is 18.8 Å². The van der Waals surface area contributed by atoms with Crippen molar-refractivity contribution in [3.63, 3.8) is 0 Å². The van der Waals surface area contributed by atoms with Gasteiger partial charge >= 0.3 is 7.12 Å². The molecule has 1 fully saturated rings. The molecule has 1 N–H and O–H groups in total. The topological polar surface area (TPSA) is 55.8 Å². The Morgan fingerprint density at radius 3 is 2.40 bits per heavy atom. The fourth-order valence-electron chi connectivity index (χ4n) is 2.27. The van der Waals surface area contributed by atoms with Gasteiger partial charge in [0.25, 0.3) is 0 Å². The first kappa shape index (κ1) is 12.9. The Morgan fingerprint density at radius 2 is 1.70 bits per heavy atom. The third-order valence-corrected chi connectivity index (χ3v) is 3.21. The van der Waals surface area contributed by atoms with E-state index >= 15 is 0 Å². The van der Waals surface area contributed by atoms with Crippen LogP contribution in [0, 0.1) is 0 Å². The van der Waals surface area contributed by atoms with E-state index < -0.39 is 7.12 Å². The number of carbonyl (C=O) groups is 1. The van der Waals surface area contributed by atoms with Crippen molar-refractivity contribution >= 4 is 18.4 Å². The molecular weight excluding hydrogens is 255 g/mol. The maximum Gasteiger partial charge on any atom is 0.494 e. The third-order valence-electron chi connectivity index (χ3n) is 3.21. The average Bonchev–Trinajstić information content (AvgIpc) is 3.01. The quantitative estimate of drug-likeness (QED) is 0.674. The van der Waals surface area contributed by atoms with Crippen LogP contribution in [0.25, 0.3) is 0 Å². The van der Waals surface area contributed by atoms with Gasteiger partial charge in [-0.05, 0) is 11.5 Å². The van der Waals surface area contributed by atoms with Gasteiger partial charge in [0.2, 0.25) is 0 Å². The molecule has 20 heavy (non-hydrogen) atoms. The third kappa shape index (κ3) is 2.33. The number of rotatable bonds is 3. The van der Waals surface area contributed by atoms with Crippen LogP contribution in [0.15, 0.2) is 48.5 Å². The molecule has 2 aromatic carbocycles. The lowest BCUT2D eigenvalue weighted by molar-refractivity contribution is 0.103. The number of phenols is 1. The van der Waals surface area contributed by atoms with E-state index in [0.29, 0.717) is 24.2 Å². The molecule has 0 aromatic heterocycles. The van der Waals surface area contributed by atoms with Gasteiger partial charge in [0, 0.05) is 5.56 Å². The summed E-state index contributed by atoms with van der Waals surface area (Å²) in [5.74, 6) is -0.298. The summed E-state index contributed by atoms with van der Waals surface area (Å²) < 4.78 is 10.9. The second-order valence-electron chi connectivity index (χ2n) is 4.51. The van der Waals surface area contributed by atoms with E-state index in [2.05, 4.69) is 0 Å². The van der Waals surface area contributed by atoms with Gasteiger partial charge in [0.1, 0.15) is 5.75 Å². The standard InChI is InChI=1S/C15H13BO4/c17-13-8-4-7-12(16-19-9-10-20-16)14(13)15(18)11-5-2-1-3-6-11/h1-8,17H,9-10H2. The number of ketones is 1. The van der Waals surface area contributed by atoms with E-state index in [1.807, 2.05) is 6.07 Å². The van der Waals surface area contributed by atoms with Crippen molar-refractivity contribution in [1.29, 1.82) is 0 Å². The average molecular weight is 268 g/mol. The Balaban J connectivity index is 2.06. The molecule has 0 unspecified atom stereocenters. The summed E-state index contributed by atoms with van der Waals surface area (Å²) in [6.45, 7) is 0.971. The first-order chi connectivity index (χ1) is 9.77. The summed E-state index contributed by atoms with van der Waals surface area (Å²) in [6.07, 6.45) is 0. The van der Waals surface area contributed by atoms with E-state index in [-0.39, 0.29) is 17.1 Å². The molecule has 100 valence electrons. The lowest BCUT2D eigenvalue weighted by atomic mass is 9.74. The largest absolute Gasteiger partial charge is 0.507 e. The van der Waals surface area contributed by atoms with Gasteiger partial charge < -0.3 is 14.4 Å². The summed E-state index contributed by atoms with van der Waals surface area (Å²) >= 11 is 0. The summed E-state index contributed by atoms with van der Waals surface area (Å²) in [6, 6.07) is 13.8. The summed E-state index contributed by atoms with van der Waals surface area (Å²) in [5.41, 5.74) is 1.33. The highest BCUT2D eigenvalue weighted by Gasteiger charge is 2.32. The Bertz CT molecular complexity index is 621. The molecule has 1 saturated heterocycles. The first-order valence-corrected chi connectivity index (χ1v) is 6.42. The Labute approximate surface area is 117 Å². The Kier molecular flexibility index (Phi) is 3.54. The van der Waals surface area contributed by atoms with E-state index in [1.54, 1.807) is 36.4 Å². The molecule has 1 heterocycles. The molecular formula is C15H13BO4. The van der Waals surface area contributed by atoms with Crippen LogP contribution < -0.4 is 5.46 Å². The molecule has 0 amide bonds. The number of benzene rings is 2. The van der Waals surface area contributed by atoms with Crippen molar-refractivity contribution in [3.8, 4) is 5.75 Å². The number of aromatic hydroxyl groups is 1. The number of hydrogen-bond acceptors (Lipinski definition) is 4. The monoisotopic (exact) mass is 268 g/mol. The van der Waals surface area contributed by atoms with Gasteiger partial charge in [-0.3, -0.25) is 4.79 Å². The van der Waals surface area contributed by atoms with Crippen LogP contribution in [-0.4, -0.2) is 31.2 Å². The molecule has 3 rings (SSSR count). The van der Waals surface area contributed by atoms with Crippen LogP contribution in [0.1, 0.15) is 15.9 Å². The van der Waals surface area contributed by atoms with Crippen molar-refractivity contribution in [2.75, 3.05) is 13.2 Å². The maximum atomic E-state index is 12.6. The minimum Gasteiger partial charge on any atom is -0.507 e. The van der Waals surface area contributed by atoms with Crippen molar-refractivity contribution in [3.05, 3.63) is 59.7 Å². The molecule has 0 atom stereocenters. The zero-order valence-electron chi connectivity index (χ0n) is 10.8. The summed E-state index contributed by atoms with van der Waals surface area (Å²) in [7, 11) is -0.593. The minimum atomic E-state index is -0.593. The van der Waals surface area contributed by atoms with E-state index in [9.17, 15) is 9.90 Å². The highest BCUT2D eigenvalue weighted by atomic mass is 16.6. The van der Waals surface area contributed by atoms with Crippen LogP contribution in [0.2, 0.25) is 0 Å². The van der Waals surface area contributed by atoms with Crippen LogP contribution in [-0.2, 0) is 9.31 Å². The number of carbonyl (C=O) groups excluding carboxylic acids is 1. The molecule has 2 aromatic rings. The molecule has 0 saturated carbocycles. The normalized spacial score (nSPS) is 14.5. The zero-order valence-corrected chi connectivity index (χ0v) is 10.8. The van der Waals surface area contributed by atoms with Gasteiger partial charge in [0.15, 0.2) is 5.78 Å². The summed E-state index contributed by atoms with van der Waals surface area (Å²) in [5, 5.41) is 10.1. The zero-order chi connectivity index (χ0) is 13.9. The van der Waals surface area contributed by atoms with Crippen molar-refractivity contribution in [1.82, 2.24) is 0 Å². The fraction of sp³-hybridized carbons (Fsp3) is 0.133. The van der Waals surface area contributed by atoms with Crippen molar-refractivity contribution in [2.24, 2.45) is 0 Å². The maximum absolute atomic E-state index is 12.6. The highest BCUT2D eigenvalue weighted by molar-refractivity contribution is 6.63. The van der Waals surface area contributed by atoms with Crippen LogP contribution in [0.5, 0.6) is 5.75 Å². The molecule has 0 spiro atoms. The molecule has 1 aliphatic heterocycles. The molecule has 0 bridgehead atoms. The van der Waals surface area contributed by atoms with Gasteiger partial charge in [-0.1, -0.05) is 42.5 Å². The fourth-order valence-corrected chi connectivity index (χ4v) is 2.27. The van der Waals surface area contributed by atoms with E-state index in [4.69, 9.17) is 9.31 Å². The minimum absolute atomic E-state index is 0.0598. The van der Waals surface area contributed by atoms with Crippen molar-refractivity contribution < 1.29 is 19.2 Å². The van der Waals surface area contributed by atoms with Crippen LogP contribution in [0.4, 0.5) is 0 Å². The Hall–Kier alpha value is -2.11. The molecule has 4 nitrogen and oxygen atoms in total. The van der Waals surface area contributed by atoms with Gasteiger partial charge in [-0.15, -0.1) is 0 Å². The molecule has 1 aliphatic rings. The van der Waals surface area contributed by atoms with Crippen LogP contribution in [0.3, 0.4) is 0 Å². The first-order valence-electron chi connectivity index (χ1n) is 6.42. The van der Waals surface area contributed by atoms with E-state index in [1.165, 1.54) is 6.07 Å². The summed E-state index contributed by atoms with van der Waals surface area (Å²) in [4.78, 5) is 12.6. The Morgan fingerprint density at radius 1 is 1.00 bits per heavy atom. The second-order valence-corrected chi connectivity index (χ2v) is 4.51. The number of phenolic OH excluding ortho intramolecular Hbond substituents is 1. The molecule has 5 heteroatoms. The van der Waals surface area contributed by atoms with Gasteiger partial charge in [-0.2, -0.15) is 0 Å². The predicted octanol–water partition coefficient (Wildman–Crippen LogP) is 1.37. The van der Waals surface area contributed by atoms with Gasteiger partial charge in [-0.25, -0.2) is 0 Å². The second kappa shape index (κ2) is 5.49. The molecule has 0 radical (unpaired) electrons. The smallest absolute Gasteiger partial charge is 0.494 e. The van der Waals surface area contributed by atoms with Crippen molar-refractivity contribution in [2.45, 2.75) is 0 Å². The SMILES string of the molecule is O=C(c1ccccc1)c1c(O)cccc1B1OCCO1. The van der Waals surface area contributed by atoms with E-state index in [0.717, 1.165) is 0 Å². The lowest BCUT2D eigenvalue weighted by Crippen LogP contribution is -2.36. The predicted molar refractivity (Wildman–Crippen MR) is 75.3 cm³/mol.